The fourth-order valence-electron chi connectivity index (χ4n) is 4.62. The predicted octanol–water partition coefficient (Wildman–Crippen LogP) is 6.24. The zero-order chi connectivity index (χ0) is 32.4. The predicted molar refractivity (Wildman–Crippen MR) is 174 cm³/mol. The zero-order valence-electron chi connectivity index (χ0n) is 25.6. The fraction of sp³-hybridized carbons (Fsp3) is 0.375. The molecule has 3 aromatic rings. The summed E-state index contributed by atoms with van der Waals surface area (Å²) in [5.74, 6) is -0.383. The van der Waals surface area contributed by atoms with Gasteiger partial charge >= 0.3 is 0 Å². The van der Waals surface area contributed by atoms with E-state index in [9.17, 15) is 18.0 Å². The Kier molecular flexibility index (Phi) is 12.7. The van der Waals surface area contributed by atoms with Crippen molar-refractivity contribution in [2.45, 2.75) is 57.5 Å². The molecule has 0 saturated heterocycles. The largest absolute Gasteiger partial charge is 0.493 e. The van der Waals surface area contributed by atoms with Crippen LogP contribution in [0, 0.1) is 6.92 Å². The minimum atomic E-state index is -4.31. The molecular weight excluding hydrogens is 625 g/mol. The van der Waals surface area contributed by atoms with Gasteiger partial charge in [0.05, 0.1) is 24.8 Å². The maximum Gasteiger partial charge on any atom is 0.264 e. The number of halogens is 2. The van der Waals surface area contributed by atoms with Gasteiger partial charge in [-0.05, 0) is 56.2 Å². The number of nitrogens with zero attached hydrogens (tertiary/aromatic N) is 2. The van der Waals surface area contributed by atoms with Crippen LogP contribution in [-0.2, 0) is 26.2 Å². The number of hydrogen-bond acceptors (Lipinski definition) is 6. The number of nitrogens with one attached hydrogen (secondary N) is 1. The summed E-state index contributed by atoms with van der Waals surface area (Å²) in [5.41, 5.74) is 1.64. The van der Waals surface area contributed by atoms with Crippen molar-refractivity contribution in [1.29, 1.82) is 0 Å². The Labute approximate surface area is 270 Å². The van der Waals surface area contributed by atoms with E-state index in [0.29, 0.717) is 27.9 Å². The van der Waals surface area contributed by atoms with Crippen LogP contribution in [0.25, 0.3) is 0 Å². The lowest BCUT2D eigenvalue weighted by Crippen LogP contribution is -2.52. The minimum absolute atomic E-state index is 0.102. The van der Waals surface area contributed by atoms with Crippen molar-refractivity contribution in [2.75, 3.05) is 31.6 Å². The number of aryl methyl sites for hydroxylation is 1. The Morgan fingerprint density at radius 1 is 0.932 bits per heavy atom. The number of amides is 2. The first-order chi connectivity index (χ1) is 21.0. The molecule has 12 heteroatoms. The second-order valence-corrected chi connectivity index (χ2v) is 12.8. The van der Waals surface area contributed by atoms with E-state index in [1.54, 1.807) is 49.4 Å². The van der Waals surface area contributed by atoms with Crippen molar-refractivity contribution in [3.63, 3.8) is 0 Å². The Hall–Kier alpha value is -3.47. The van der Waals surface area contributed by atoms with Gasteiger partial charge in [-0.1, -0.05) is 67.2 Å². The molecule has 1 atom stereocenters. The lowest BCUT2D eigenvalue weighted by atomic mass is 10.1. The molecule has 0 radical (unpaired) electrons. The second-order valence-electron chi connectivity index (χ2n) is 10.2. The van der Waals surface area contributed by atoms with Crippen molar-refractivity contribution in [1.82, 2.24) is 10.2 Å². The topological polar surface area (TPSA) is 105 Å². The number of rotatable bonds is 15. The molecule has 0 aromatic heterocycles. The summed E-state index contributed by atoms with van der Waals surface area (Å²) in [6, 6.07) is 15.1. The molecule has 0 aliphatic heterocycles. The Bertz CT molecular complexity index is 1530. The van der Waals surface area contributed by atoms with Crippen LogP contribution in [0.4, 0.5) is 5.69 Å². The molecule has 2 amide bonds. The van der Waals surface area contributed by atoms with Crippen LogP contribution < -0.4 is 19.1 Å². The number of sulfonamides is 1. The number of anilines is 1. The number of carbonyl (C=O) groups is 2. The summed E-state index contributed by atoms with van der Waals surface area (Å²) in [6.07, 6.45) is 1.93. The third-order valence-electron chi connectivity index (χ3n) is 7.15. The quantitative estimate of drug-likeness (QED) is 0.193. The maximum absolute atomic E-state index is 14.3. The van der Waals surface area contributed by atoms with E-state index in [1.807, 2.05) is 13.8 Å². The number of benzene rings is 3. The molecule has 9 nitrogen and oxygen atoms in total. The van der Waals surface area contributed by atoms with E-state index in [0.717, 1.165) is 22.7 Å². The lowest BCUT2D eigenvalue weighted by molar-refractivity contribution is -0.140. The van der Waals surface area contributed by atoms with Crippen LogP contribution in [0.3, 0.4) is 0 Å². The Balaban J connectivity index is 2.11. The van der Waals surface area contributed by atoms with Crippen LogP contribution in [0.2, 0.25) is 10.0 Å². The van der Waals surface area contributed by atoms with Crippen molar-refractivity contribution in [3.8, 4) is 11.5 Å². The first-order valence-electron chi connectivity index (χ1n) is 14.3. The number of unbranched alkanes of at least 4 members (excludes halogenated alkanes) is 1. The van der Waals surface area contributed by atoms with Gasteiger partial charge in [0.25, 0.3) is 10.0 Å². The van der Waals surface area contributed by atoms with Crippen LogP contribution in [-0.4, -0.2) is 58.5 Å². The van der Waals surface area contributed by atoms with Gasteiger partial charge in [0.2, 0.25) is 11.8 Å². The molecule has 0 spiro atoms. The average molecular weight is 665 g/mol. The first kappa shape index (κ1) is 35.0. The zero-order valence-corrected chi connectivity index (χ0v) is 27.9. The van der Waals surface area contributed by atoms with E-state index in [4.69, 9.17) is 32.7 Å². The molecule has 1 N–H and O–H groups in total. The Morgan fingerprint density at radius 2 is 1.57 bits per heavy atom. The number of ether oxygens (including phenoxy) is 2. The van der Waals surface area contributed by atoms with Crippen LogP contribution >= 0.6 is 23.2 Å². The monoisotopic (exact) mass is 663 g/mol. The molecule has 0 unspecified atom stereocenters. The lowest BCUT2D eigenvalue weighted by Gasteiger charge is -2.33. The molecule has 0 saturated carbocycles. The summed E-state index contributed by atoms with van der Waals surface area (Å²) in [6.45, 7) is 5.42. The van der Waals surface area contributed by atoms with Gasteiger partial charge in [-0.3, -0.25) is 13.9 Å². The molecule has 0 heterocycles. The van der Waals surface area contributed by atoms with Gasteiger partial charge in [-0.15, -0.1) is 0 Å². The molecule has 0 bridgehead atoms. The molecule has 0 fully saturated rings. The van der Waals surface area contributed by atoms with Crippen molar-refractivity contribution < 1.29 is 27.5 Å². The van der Waals surface area contributed by atoms with Gasteiger partial charge < -0.3 is 19.7 Å². The van der Waals surface area contributed by atoms with E-state index >= 15 is 0 Å². The van der Waals surface area contributed by atoms with Crippen molar-refractivity contribution >= 4 is 50.7 Å². The SMILES string of the molecule is CCCCNC(=O)[C@H](CC)N(Cc1c(Cl)cccc1Cl)C(=O)CN(c1ccc(C)cc1)S(=O)(=O)c1ccc(OC)c(OC)c1. The summed E-state index contributed by atoms with van der Waals surface area (Å²) >= 11 is 13.0. The van der Waals surface area contributed by atoms with Gasteiger partial charge in [0, 0.05) is 34.8 Å². The van der Waals surface area contributed by atoms with Gasteiger partial charge in [0.15, 0.2) is 11.5 Å². The third-order valence-corrected chi connectivity index (χ3v) is 9.63. The number of hydrogen-bond donors (Lipinski definition) is 1. The molecule has 0 aliphatic rings. The fourth-order valence-corrected chi connectivity index (χ4v) is 6.57. The summed E-state index contributed by atoms with van der Waals surface area (Å²) in [5, 5.41) is 3.55. The minimum Gasteiger partial charge on any atom is -0.493 e. The molecule has 238 valence electrons. The standard InChI is InChI=1S/C32H39Cl2N3O6S/c1-6-8-18-35-32(39)28(7-2)36(20-25-26(33)10-9-11-27(25)34)31(38)21-37(23-14-12-22(3)13-15-23)44(40,41)24-16-17-29(42-4)30(19-24)43-5/h9-17,19,28H,6-8,18,20-21H2,1-5H3,(H,35,39)/t28-/m0/s1. The highest BCUT2D eigenvalue weighted by molar-refractivity contribution is 7.92. The van der Waals surface area contributed by atoms with Gasteiger partial charge in [-0.2, -0.15) is 0 Å². The molecule has 0 aliphatic carbocycles. The molecule has 3 aromatic carbocycles. The molecular formula is C32H39Cl2N3O6S. The van der Waals surface area contributed by atoms with Crippen LogP contribution in [0.15, 0.2) is 65.6 Å². The average Bonchev–Trinajstić information content (AvgIpc) is 3.01. The summed E-state index contributed by atoms with van der Waals surface area (Å²) < 4.78 is 40.0. The smallest absolute Gasteiger partial charge is 0.264 e. The van der Waals surface area contributed by atoms with E-state index in [1.165, 1.54) is 37.3 Å². The summed E-state index contributed by atoms with van der Waals surface area (Å²) in [7, 11) is -1.46. The summed E-state index contributed by atoms with van der Waals surface area (Å²) in [4.78, 5) is 28.9. The third kappa shape index (κ3) is 8.37. The van der Waals surface area contributed by atoms with Crippen molar-refractivity contribution in [3.05, 3.63) is 81.8 Å². The highest BCUT2D eigenvalue weighted by atomic mass is 35.5. The highest BCUT2D eigenvalue weighted by Gasteiger charge is 2.34. The van der Waals surface area contributed by atoms with Crippen LogP contribution in [0.1, 0.15) is 44.2 Å². The normalized spacial score (nSPS) is 11.9. The first-order valence-corrected chi connectivity index (χ1v) is 16.5. The number of carbonyl (C=O) groups excluding carboxylic acids is 2. The van der Waals surface area contributed by atoms with E-state index in [-0.39, 0.29) is 35.2 Å². The second kappa shape index (κ2) is 16.0. The van der Waals surface area contributed by atoms with E-state index in [2.05, 4.69) is 5.32 Å². The molecule has 3 rings (SSSR count). The molecule has 44 heavy (non-hydrogen) atoms. The van der Waals surface area contributed by atoms with Gasteiger partial charge in [0.1, 0.15) is 12.6 Å². The Morgan fingerprint density at radius 3 is 2.14 bits per heavy atom. The van der Waals surface area contributed by atoms with E-state index < -0.39 is 28.5 Å². The highest BCUT2D eigenvalue weighted by Crippen LogP contribution is 2.33. The van der Waals surface area contributed by atoms with Crippen molar-refractivity contribution in [2.24, 2.45) is 0 Å². The van der Waals surface area contributed by atoms with Gasteiger partial charge in [-0.25, -0.2) is 8.42 Å². The van der Waals surface area contributed by atoms with Crippen LogP contribution in [0.5, 0.6) is 11.5 Å². The number of methoxy groups -OCH3 is 2. The maximum atomic E-state index is 14.3.